The van der Waals surface area contributed by atoms with Crippen LogP contribution in [0.1, 0.15) is 19.4 Å². The SMILES string of the molecule is COCC(C)(C)Nc1cccc([N+](=O)[O-])c1C. The predicted octanol–water partition coefficient (Wildman–Crippen LogP) is 2.74. The molecule has 0 unspecified atom stereocenters. The van der Waals surface area contributed by atoms with Gasteiger partial charge in [0, 0.05) is 24.4 Å². The van der Waals surface area contributed by atoms with E-state index in [-0.39, 0.29) is 16.1 Å². The molecule has 0 fully saturated rings. The number of nitro groups is 1. The molecule has 0 amide bonds. The van der Waals surface area contributed by atoms with Gasteiger partial charge in [-0.1, -0.05) is 6.07 Å². The summed E-state index contributed by atoms with van der Waals surface area (Å²) in [5.41, 5.74) is 1.26. The van der Waals surface area contributed by atoms with Gasteiger partial charge in [-0.2, -0.15) is 0 Å². The molecular formula is C12H18N2O3. The Bertz CT molecular complexity index is 416. The highest BCUT2D eigenvalue weighted by molar-refractivity contribution is 5.60. The third kappa shape index (κ3) is 3.42. The summed E-state index contributed by atoms with van der Waals surface area (Å²) in [4.78, 5) is 10.4. The molecule has 0 aliphatic carbocycles. The van der Waals surface area contributed by atoms with Crippen LogP contribution in [0, 0.1) is 17.0 Å². The Hall–Kier alpha value is -1.62. The molecular weight excluding hydrogens is 220 g/mol. The van der Waals surface area contributed by atoms with Crippen LogP contribution >= 0.6 is 0 Å². The lowest BCUT2D eigenvalue weighted by molar-refractivity contribution is -0.385. The van der Waals surface area contributed by atoms with Gasteiger partial charge in [0.05, 0.1) is 17.1 Å². The molecule has 0 spiro atoms. The van der Waals surface area contributed by atoms with E-state index < -0.39 is 0 Å². The molecule has 0 radical (unpaired) electrons. The maximum absolute atomic E-state index is 10.8. The zero-order valence-electron chi connectivity index (χ0n) is 10.6. The number of rotatable bonds is 5. The minimum atomic E-state index is -0.371. The van der Waals surface area contributed by atoms with Crippen LogP contribution in [0.25, 0.3) is 0 Å². The van der Waals surface area contributed by atoms with Crippen LogP contribution in [0.15, 0.2) is 18.2 Å². The first-order valence-corrected chi connectivity index (χ1v) is 5.38. The Balaban J connectivity index is 3.00. The third-order valence-electron chi connectivity index (χ3n) is 2.48. The minimum absolute atomic E-state index is 0.128. The summed E-state index contributed by atoms with van der Waals surface area (Å²) in [6.45, 7) is 6.22. The Morgan fingerprint density at radius 1 is 1.47 bits per heavy atom. The van der Waals surface area contributed by atoms with Gasteiger partial charge >= 0.3 is 0 Å². The number of hydrogen-bond donors (Lipinski definition) is 1. The summed E-state index contributed by atoms with van der Waals surface area (Å²) in [7, 11) is 1.63. The number of hydrogen-bond acceptors (Lipinski definition) is 4. The van der Waals surface area contributed by atoms with Gasteiger partial charge in [-0.05, 0) is 26.8 Å². The first-order valence-electron chi connectivity index (χ1n) is 5.38. The van der Waals surface area contributed by atoms with E-state index in [1.54, 1.807) is 20.1 Å². The van der Waals surface area contributed by atoms with Gasteiger partial charge in [0.15, 0.2) is 0 Å². The lowest BCUT2D eigenvalue weighted by Gasteiger charge is -2.27. The molecule has 17 heavy (non-hydrogen) atoms. The highest BCUT2D eigenvalue weighted by atomic mass is 16.6. The van der Waals surface area contributed by atoms with Gasteiger partial charge in [-0.25, -0.2) is 0 Å². The molecule has 94 valence electrons. The Morgan fingerprint density at radius 3 is 2.65 bits per heavy atom. The van der Waals surface area contributed by atoms with Crippen LogP contribution in [0.4, 0.5) is 11.4 Å². The molecule has 0 heterocycles. The monoisotopic (exact) mass is 238 g/mol. The van der Waals surface area contributed by atoms with Crippen LogP contribution in [0.2, 0.25) is 0 Å². The highest BCUT2D eigenvalue weighted by Crippen LogP contribution is 2.27. The molecule has 0 bridgehead atoms. The molecule has 0 saturated heterocycles. The fourth-order valence-electron chi connectivity index (χ4n) is 1.72. The number of nitrogens with zero attached hydrogens (tertiary/aromatic N) is 1. The lowest BCUT2D eigenvalue weighted by Crippen LogP contribution is -2.36. The predicted molar refractivity (Wildman–Crippen MR) is 67.4 cm³/mol. The summed E-state index contributed by atoms with van der Waals surface area (Å²) < 4.78 is 5.10. The van der Waals surface area contributed by atoms with Gasteiger partial charge in [0.25, 0.3) is 5.69 Å². The molecule has 0 aromatic heterocycles. The van der Waals surface area contributed by atoms with E-state index in [9.17, 15) is 10.1 Å². The summed E-state index contributed by atoms with van der Waals surface area (Å²) in [6, 6.07) is 5.01. The van der Waals surface area contributed by atoms with Crippen molar-refractivity contribution in [2.75, 3.05) is 19.0 Å². The number of anilines is 1. The van der Waals surface area contributed by atoms with E-state index in [4.69, 9.17) is 4.74 Å². The van der Waals surface area contributed by atoms with Crippen molar-refractivity contribution in [2.45, 2.75) is 26.3 Å². The van der Waals surface area contributed by atoms with Gasteiger partial charge in [0.1, 0.15) is 0 Å². The van der Waals surface area contributed by atoms with Crippen LogP contribution < -0.4 is 5.32 Å². The molecule has 0 aliphatic rings. The Labute approximate surface area is 101 Å². The van der Waals surface area contributed by atoms with E-state index in [0.717, 1.165) is 5.69 Å². The first kappa shape index (κ1) is 13.4. The maximum atomic E-state index is 10.8. The molecule has 0 saturated carbocycles. The second-order valence-corrected chi connectivity index (χ2v) is 4.65. The fourth-order valence-corrected chi connectivity index (χ4v) is 1.72. The second-order valence-electron chi connectivity index (χ2n) is 4.65. The number of methoxy groups -OCH3 is 1. The molecule has 1 N–H and O–H groups in total. The van der Waals surface area contributed by atoms with Gasteiger partial charge in [0.2, 0.25) is 0 Å². The van der Waals surface area contributed by atoms with Gasteiger partial charge in [-0.3, -0.25) is 10.1 Å². The van der Waals surface area contributed by atoms with E-state index in [2.05, 4.69) is 5.32 Å². The first-order chi connectivity index (χ1) is 7.87. The summed E-state index contributed by atoms with van der Waals surface area (Å²) in [5, 5.41) is 14.1. The topological polar surface area (TPSA) is 64.4 Å². The Kier molecular flexibility index (Phi) is 4.07. The lowest BCUT2D eigenvalue weighted by atomic mass is 10.0. The zero-order valence-corrected chi connectivity index (χ0v) is 10.6. The van der Waals surface area contributed by atoms with E-state index in [1.807, 2.05) is 19.9 Å². The van der Waals surface area contributed by atoms with Crippen molar-refractivity contribution in [1.82, 2.24) is 0 Å². The molecule has 0 aliphatic heterocycles. The van der Waals surface area contributed by atoms with Crippen molar-refractivity contribution in [2.24, 2.45) is 0 Å². The average molecular weight is 238 g/mol. The van der Waals surface area contributed by atoms with Crippen LogP contribution in [-0.2, 0) is 4.74 Å². The van der Waals surface area contributed by atoms with Crippen molar-refractivity contribution in [3.05, 3.63) is 33.9 Å². The van der Waals surface area contributed by atoms with Crippen molar-refractivity contribution >= 4 is 11.4 Å². The molecule has 1 aromatic carbocycles. The summed E-state index contributed by atoms with van der Waals surface area (Å²) in [5.74, 6) is 0. The smallest absolute Gasteiger partial charge is 0.274 e. The third-order valence-corrected chi connectivity index (χ3v) is 2.48. The average Bonchev–Trinajstić information content (AvgIpc) is 2.20. The fraction of sp³-hybridized carbons (Fsp3) is 0.500. The Morgan fingerprint density at radius 2 is 2.12 bits per heavy atom. The summed E-state index contributed by atoms with van der Waals surface area (Å²) in [6.07, 6.45) is 0. The summed E-state index contributed by atoms with van der Waals surface area (Å²) >= 11 is 0. The molecule has 0 atom stereocenters. The van der Waals surface area contributed by atoms with Crippen molar-refractivity contribution in [1.29, 1.82) is 0 Å². The van der Waals surface area contributed by atoms with Crippen LogP contribution in [-0.4, -0.2) is 24.2 Å². The maximum Gasteiger partial charge on any atom is 0.274 e. The number of benzene rings is 1. The molecule has 5 heteroatoms. The minimum Gasteiger partial charge on any atom is -0.382 e. The van der Waals surface area contributed by atoms with Crippen molar-refractivity contribution in [3.63, 3.8) is 0 Å². The van der Waals surface area contributed by atoms with E-state index in [1.165, 1.54) is 6.07 Å². The van der Waals surface area contributed by atoms with Crippen LogP contribution in [0.3, 0.4) is 0 Å². The number of ether oxygens (including phenoxy) is 1. The van der Waals surface area contributed by atoms with Crippen molar-refractivity contribution in [3.8, 4) is 0 Å². The second kappa shape index (κ2) is 5.14. The molecule has 1 aromatic rings. The number of nitro benzene ring substituents is 1. The van der Waals surface area contributed by atoms with Crippen LogP contribution in [0.5, 0.6) is 0 Å². The normalized spacial score (nSPS) is 11.3. The quantitative estimate of drug-likeness (QED) is 0.632. The highest BCUT2D eigenvalue weighted by Gasteiger charge is 2.20. The van der Waals surface area contributed by atoms with E-state index >= 15 is 0 Å². The zero-order chi connectivity index (χ0) is 13.1. The van der Waals surface area contributed by atoms with Crippen molar-refractivity contribution < 1.29 is 9.66 Å². The standard InChI is InChI=1S/C12H18N2O3/c1-9-10(13-12(2,3)8-17-4)6-5-7-11(9)14(15)16/h5-7,13H,8H2,1-4H3. The van der Waals surface area contributed by atoms with E-state index in [0.29, 0.717) is 12.2 Å². The molecule has 1 rings (SSSR count). The van der Waals surface area contributed by atoms with Gasteiger partial charge < -0.3 is 10.1 Å². The van der Waals surface area contributed by atoms with Gasteiger partial charge in [-0.15, -0.1) is 0 Å². The molecule has 5 nitrogen and oxygen atoms in total. The largest absolute Gasteiger partial charge is 0.382 e. The number of nitrogens with one attached hydrogen (secondary N) is 1.